The molecule has 0 unspecified atom stereocenters. The van der Waals surface area contributed by atoms with Gasteiger partial charge in [-0.3, -0.25) is 0 Å². The minimum absolute atomic E-state index is 0.283. The van der Waals surface area contributed by atoms with Gasteiger partial charge in [-0.2, -0.15) is 0 Å². The summed E-state index contributed by atoms with van der Waals surface area (Å²) in [5.41, 5.74) is 3.10. The van der Waals surface area contributed by atoms with Crippen LogP contribution in [0.15, 0.2) is 36.7 Å². The van der Waals surface area contributed by atoms with E-state index < -0.39 is 5.97 Å². The van der Waals surface area contributed by atoms with Gasteiger partial charge in [0, 0.05) is 5.56 Å². The fraction of sp³-hybridized carbons (Fsp3) is 0.214. The third-order valence-electron chi connectivity index (χ3n) is 2.57. The number of aromatic nitrogens is 2. The lowest BCUT2D eigenvalue weighted by molar-refractivity contribution is 0.0519. The summed E-state index contributed by atoms with van der Waals surface area (Å²) in [5.74, 6) is -0.422. The van der Waals surface area contributed by atoms with E-state index in [1.54, 1.807) is 13.0 Å². The van der Waals surface area contributed by atoms with Crippen LogP contribution in [0.2, 0.25) is 0 Å². The van der Waals surface area contributed by atoms with Crippen molar-refractivity contribution in [1.82, 2.24) is 9.97 Å². The van der Waals surface area contributed by atoms with Crippen molar-refractivity contribution in [2.75, 3.05) is 6.61 Å². The third-order valence-corrected chi connectivity index (χ3v) is 2.57. The van der Waals surface area contributed by atoms with E-state index in [1.807, 2.05) is 31.2 Å². The normalized spacial score (nSPS) is 10.1. The Morgan fingerprint density at radius 1 is 1.28 bits per heavy atom. The maximum absolute atomic E-state index is 11.6. The first-order valence-electron chi connectivity index (χ1n) is 5.77. The standard InChI is InChI=1S/C14H14N2O2/c1-3-18-14(17)13-8-12(15-9-16-13)11-7-5-4-6-10(11)2/h4-9H,3H2,1-2H3. The van der Waals surface area contributed by atoms with Crippen LogP contribution < -0.4 is 0 Å². The molecule has 0 N–H and O–H groups in total. The van der Waals surface area contributed by atoms with E-state index in [0.717, 1.165) is 16.8 Å². The van der Waals surface area contributed by atoms with Crippen molar-refractivity contribution in [2.45, 2.75) is 13.8 Å². The highest BCUT2D eigenvalue weighted by molar-refractivity contribution is 5.88. The zero-order chi connectivity index (χ0) is 13.0. The minimum Gasteiger partial charge on any atom is -0.461 e. The molecule has 4 nitrogen and oxygen atoms in total. The molecule has 0 saturated heterocycles. The lowest BCUT2D eigenvalue weighted by atomic mass is 10.1. The van der Waals surface area contributed by atoms with Crippen LogP contribution >= 0.6 is 0 Å². The Morgan fingerprint density at radius 2 is 2.06 bits per heavy atom. The largest absolute Gasteiger partial charge is 0.461 e. The molecule has 0 atom stereocenters. The maximum Gasteiger partial charge on any atom is 0.357 e. The van der Waals surface area contributed by atoms with Crippen molar-refractivity contribution in [2.24, 2.45) is 0 Å². The number of nitrogens with zero attached hydrogens (tertiary/aromatic N) is 2. The Hall–Kier alpha value is -2.23. The van der Waals surface area contributed by atoms with Gasteiger partial charge in [-0.25, -0.2) is 14.8 Å². The first-order chi connectivity index (χ1) is 8.72. The molecule has 2 rings (SSSR count). The zero-order valence-corrected chi connectivity index (χ0v) is 10.4. The Kier molecular flexibility index (Phi) is 3.67. The first-order valence-corrected chi connectivity index (χ1v) is 5.77. The minimum atomic E-state index is -0.422. The van der Waals surface area contributed by atoms with Gasteiger partial charge in [0.1, 0.15) is 6.33 Å². The summed E-state index contributed by atoms with van der Waals surface area (Å²) in [6.07, 6.45) is 1.38. The number of rotatable bonds is 3. The molecule has 0 saturated carbocycles. The topological polar surface area (TPSA) is 52.1 Å². The molecule has 1 aromatic heterocycles. The van der Waals surface area contributed by atoms with Gasteiger partial charge in [-0.05, 0) is 25.5 Å². The summed E-state index contributed by atoms with van der Waals surface area (Å²) in [4.78, 5) is 19.7. The molecule has 0 radical (unpaired) electrons. The van der Waals surface area contributed by atoms with Gasteiger partial charge in [0.25, 0.3) is 0 Å². The highest BCUT2D eigenvalue weighted by Gasteiger charge is 2.11. The van der Waals surface area contributed by atoms with E-state index >= 15 is 0 Å². The monoisotopic (exact) mass is 242 g/mol. The molecule has 18 heavy (non-hydrogen) atoms. The first kappa shape index (κ1) is 12.2. The number of benzene rings is 1. The molecular formula is C14H14N2O2. The lowest BCUT2D eigenvalue weighted by Crippen LogP contribution is -2.07. The van der Waals surface area contributed by atoms with Crippen molar-refractivity contribution >= 4 is 5.97 Å². The molecule has 0 spiro atoms. The van der Waals surface area contributed by atoms with Crippen LogP contribution in [0, 0.1) is 6.92 Å². The number of ether oxygens (including phenoxy) is 1. The van der Waals surface area contributed by atoms with Crippen LogP contribution in [0.4, 0.5) is 0 Å². The Morgan fingerprint density at radius 3 is 2.78 bits per heavy atom. The summed E-state index contributed by atoms with van der Waals surface area (Å²) >= 11 is 0. The lowest BCUT2D eigenvalue weighted by Gasteiger charge is -2.06. The van der Waals surface area contributed by atoms with Gasteiger partial charge in [-0.15, -0.1) is 0 Å². The van der Waals surface area contributed by atoms with Crippen LogP contribution in [0.1, 0.15) is 23.0 Å². The quantitative estimate of drug-likeness (QED) is 0.776. The number of hydrogen-bond acceptors (Lipinski definition) is 4. The number of hydrogen-bond donors (Lipinski definition) is 0. The average Bonchev–Trinajstić information content (AvgIpc) is 2.40. The van der Waals surface area contributed by atoms with Crippen LogP contribution in [0.3, 0.4) is 0 Å². The van der Waals surface area contributed by atoms with Crippen molar-refractivity contribution < 1.29 is 9.53 Å². The molecular weight excluding hydrogens is 228 g/mol. The molecule has 4 heteroatoms. The number of carbonyl (C=O) groups is 1. The summed E-state index contributed by atoms with van der Waals surface area (Å²) < 4.78 is 4.92. The summed E-state index contributed by atoms with van der Waals surface area (Å²) in [6, 6.07) is 9.52. The van der Waals surface area contributed by atoms with Crippen molar-refractivity contribution in [1.29, 1.82) is 0 Å². The van der Waals surface area contributed by atoms with Gasteiger partial charge in [0.2, 0.25) is 0 Å². The molecule has 0 bridgehead atoms. The SMILES string of the molecule is CCOC(=O)c1cc(-c2ccccc2C)ncn1. The molecule has 92 valence electrons. The number of carbonyl (C=O) groups excluding carboxylic acids is 1. The molecule has 0 amide bonds. The second-order valence-corrected chi connectivity index (χ2v) is 3.82. The smallest absolute Gasteiger partial charge is 0.357 e. The van der Waals surface area contributed by atoms with Crippen molar-refractivity contribution in [3.8, 4) is 11.3 Å². The van der Waals surface area contributed by atoms with E-state index in [9.17, 15) is 4.79 Å². The van der Waals surface area contributed by atoms with E-state index in [-0.39, 0.29) is 5.69 Å². The van der Waals surface area contributed by atoms with Gasteiger partial charge >= 0.3 is 5.97 Å². The van der Waals surface area contributed by atoms with Crippen LogP contribution in [-0.2, 0) is 4.74 Å². The van der Waals surface area contributed by atoms with Crippen LogP contribution in [0.5, 0.6) is 0 Å². The van der Waals surface area contributed by atoms with Crippen molar-refractivity contribution in [3.63, 3.8) is 0 Å². The Labute approximate surface area is 106 Å². The second kappa shape index (κ2) is 5.40. The third kappa shape index (κ3) is 2.53. The van der Waals surface area contributed by atoms with Gasteiger partial charge in [-0.1, -0.05) is 24.3 Å². The maximum atomic E-state index is 11.6. The molecule has 0 aliphatic heterocycles. The predicted molar refractivity (Wildman–Crippen MR) is 68.2 cm³/mol. The molecule has 0 fully saturated rings. The summed E-state index contributed by atoms with van der Waals surface area (Å²) in [5, 5.41) is 0. The molecule has 0 aliphatic rings. The van der Waals surface area contributed by atoms with E-state index in [1.165, 1.54) is 6.33 Å². The highest BCUT2D eigenvalue weighted by Crippen LogP contribution is 2.20. The summed E-state index contributed by atoms with van der Waals surface area (Å²) in [7, 11) is 0. The van der Waals surface area contributed by atoms with Crippen LogP contribution in [0.25, 0.3) is 11.3 Å². The van der Waals surface area contributed by atoms with E-state index in [4.69, 9.17) is 4.74 Å². The number of esters is 1. The predicted octanol–water partition coefficient (Wildman–Crippen LogP) is 2.63. The Balaban J connectivity index is 2.39. The zero-order valence-electron chi connectivity index (χ0n) is 10.4. The van der Waals surface area contributed by atoms with E-state index in [2.05, 4.69) is 9.97 Å². The average molecular weight is 242 g/mol. The van der Waals surface area contributed by atoms with Crippen molar-refractivity contribution in [3.05, 3.63) is 47.9 Å². The molecule has 1 aromatic carbocycles. The number of aryl methyl sites for hydroxylation is 1. The van der Waals surface area contributed by atoms with E-state index in [0.29, 0.717) is 6.61 Å². The van der Waals surface area contributed by atoms with Gasteiger partial charge in [0.15, 0.2) is 5.69 Å². The van der Waals surface area contributed by atoms with Crippen LogP contribution in [-0.4, -0.2) is 22.5 Å². The van der Waals surface area contributed by atoms with Gasteiger partial charge < -0.3 is 4.74 Å². The fourth-order valence-electron chi connectivity index (χ4n) is 1.68. The second-order valence-electron chi connectivity index (χ2n) is 3.82. The highest BCUT2D eigenvalue weighted by atomic mass is 16.5. The molecule has 2 aromatic rings. The Bertz CT molecular complexity index is 567. The van der Waals surface area contributed by atoms with Gasteiger partial charge in [0.05, 0.1) is 12.3 Å². The fourth-order valence-corrected chi connectivity index (χ4v) is 1.68. The molecule has 1 heterocycles. The molecule has 0 aliphatic carbocycles. The summed E-state index contributed by atoms with van der Waals surface area (Å²) in [6.45, 7) is 4.10.